The lowest BCUT2D eigenvalue weighted by Gasteiger charge is -2.07. The van der Waals surface area contributed by atoms with Gasteiger partial charge in [-0.3, -0.25) is 0 Å². The molecule has 0 saturated carbocycles. The summed E-state index contributed by atoms with van der Waals surface area (Å²) in [6.45, 7) is 5.16. The molecule has 0 fully saturated rings. The molecule has 0 radical (unpaired) electrons. The first-order valence-corrected chi connectivity index (χ1v) is 5.28. The van der Waals surface area contributed by atoms with Crippen LogP contribution in [0.4, 0.5) is 0 Å². The molecule has 0 heterocycles. The fourth-order valence-electron chi connectivity index (χ4n) is 1.32. The molecule has 0 amide bonds. The van der Waals surface area contributed by atoms with E-state index in [1.54, 1.807) is 7.11 Å². The van der Waals surface area contributed by atoms with Crippen molar-refractivity contribution in [1.29, 1.82) is 0 Å². The lowest BCUT2D eigenvalue weighted by Crippen LogP contribution is -2.18. The summed E-state index contributed by atoms with van der Waals surface area (Å²) in [6.07, 6.45) is 0. The van der Waals surface area contributed by atoms with Crippen LogP contribution in [0.15, 0.2) is 24.3 Å². The van der Waals surface area contributed by atoms with Gasteiger partial charge in [-0.1, -0.05) is 12.1 Å². The Bertz CT molecular complexity index is 281. The van der Waals surface area contributed by atoms with Gasteiger partial charge in [0.05, 0.1) is 13.2 Å². The lowest BCUT2D eigenvalue weighted by molar-refractivity contribution is 0.199. The fourth-order valence-corrected chi connectivity index (χ4v) is 1.32. The van der Waals surface area contributed by atoms with Crippen molar-refractivity contribution < 1.29 is 9.47 Å². The molecule has 4 heteroatoms. The van der Waals surface area contributed by atoms with Crippen molar-refractivity contribution in [2.24, 2.45) is 0 Å². The van der Waals surface area contributed by atoms with E-state index in [-0.39, 0.29) is 12.4 Å². The third-order valence-electron chi connectivity index (χ3n) is 2.02. The second kappa shape index (κ2) is 9.46. The van der Waals surface area contributed by atoms with Gasteiger partial charge in [-0.25, -0.2) is 0 Å². The highest BCUT2D eigenvalue weighted by molar-refractivity contribution is 5.85. The number of ether oxygens (including phenoxy) is 2. The normalized spacial score (nSPS) is 9.62. The van der Waals surface area contributed by atoms with Gasteiger partial charge in [-0.15, -0.1) is 12.4 Å². The molecule has 0 aliphatic heterocycles. The van der Waals surface area contributed by atoms with Gasteiger partial charge in [0.1, 0.15) is 5.75 Å². The zero-order chi connectivity index (χ0) is 10.9. The molecule has 3 nitrogen and oxygen atoms in total. The van der Waals surface area contributed by atoms with Crippen LogP contribution in [0, 0.1) is 0 Å². The summed E-state index contributed by atoms with van der Waals surface area (Å²) in [5, 5.41) is 3.29. The van der Waals surface area contributed by atoms with Crippen molar-refractivity contribution in [2.45, 2.75) is 13.5 Å². The summed E-state index contributed by atoms with van der Waals surface area (Å²) in [5.74, 6) is 0.934. The van der Waals surface area contributed by atoms with E-state index in [0.29, 0.717) is 6.61 Å². The zero-order valence-corrected chi connectivity index (χ0v) is 10.7. The van der Waals surface area contributed by atoms with Gasteiger partial charge in [-0.2, -0.15) is 0 Å². The Balaban J connectivity index is 0.00000225. The predicted octanol–water partition coefficient (Wildman–Crippen LogP) is 2.24. The SMILES string of the molecule is CCOc1cccc(CNCCOC)c1.Cl. The van der Waals surface area contributed by atoms with Gasteiger partial charge < -0.3 is 14.8 Å². The Hall–Kier alpha value is -0.770. The summed E-state index contributed by atoms with van der Waals surface area (Å²) >= 11 is 0. The zero-order valence-electron chi connectivity index (χ0n) is 9.86. The first kappa shape index (κ1) is 15.2. The van der Waals surface area contributed by atoms with E-state index < -0.39 is 0 Å². The third kappa shape index (κ3) is 5.95. The van der Waals surface area contributed by atoms with E-state index in [1.807, 2.05) is 19.1 Å². The molecular weight excluding hydrogens is 226 g/mol. The molecule has 1 aromatic rings. The van der Waals surface area contributed by atoms with Crippen LogP contribution in [0.1, 0.15) is 12.5 Å². The highest BCUT2D eigenvalue weighted by atomic mass is 35.5. The molecule has 1 N–H and O–H groups in total. The second-order valence-corrected chi connectivity index (χ2v) is 3.25. The fraction of sp³-hybridized carbons (Fsp3) is 0.500. The second-order valence-electron chi connectivity index (χ2n) is 3.25. The first-order valence-electron chi connectivity index (χ1n) is 5.28. The minimum Gasteiger partial charge on any atom is -0.494 e. The van der Waals surface area contributed by atoms with Gasteiger partial charge >= 0.3 is 0 Å². The van der Waals surface area contributed by atoms with E-state index in [4.69, 9.17) is 9.47 Å². The highest BCUT2D eigenvalue weighted by Gasteiger charge is 1.95. The minimum absolute atomic E-state index is 0. The van der Waals surface area contributed by atoms with Gasteiger partial charge in [0, 0.05) is 20.2 Å². The monoisotopic (exact) mass is 245 g/mol. The third-order valence-corrected chi connectivity index (χ3v) is 2.02. The van der Waals surface area contributed by atoms with Gasteiger partial charge in [0.15, 0.2) is 0 Å². The van der Waals surface area contributed by atoms with E-state index >= 15 is 0 Å². The molecule has 0 spiro atoms. The number of rotatable bonds is 7. The molecule has 0 aliphatic carbocycles. The molecule has 0 atom stereocenters. The molecule has 1 aromatic carbocycles. The molecule has 0 unspecified atom stereocenters. The van der Waals surface area contributed by atoms with E-state index in [9.17, 15) is 0 Å². The maximum absolute atomic E-state index is 5.42. The van der Waals surface area contributed by atoms with Crippen molar-refractivity contribution in [3.63, 3.8) is 0 Å². The summed E-state index contributed by atoms with van der Waals surface area (Å²) in [7, 11) is 1.71. The standard InChI is InChI=1S/C12H19NO2.ClH/c1-3-15-12-6-4-5-11(9-12)10-13-7-8-14-2;/h4-6,9,13H,3,7-8,10H2,1-2H3;1H. The quantitative estimate of drug-likeness (QED) is 0.748. The van der Waals surface area contributed by atoms with Crippen LogP contribution in [0.25, 0.3) is 0 Å². The average Bonchev–Trinajstić information content (AvgIpc) is 2.26. The van der Waals surface area contributed by atoms with Crippen molar-refractivity contribution >= 4 is 12.4 Å². The Morgan fingerprint density at radius 3 is 2.81 bits per heavy atom. The summed E-state index contributed by atoms with van der Waals surface area (Å²) in [6, 6.07) is 8.13. The van der Waals surface area contributed by atoms with Crippen molar-refractivity contribution in [2.75, 3.05) is 26.9 Å². The minimum atomic E-state index is 0. The Labute approximate surface area is 104 Å². The van der Waals surface area contributed by atoms with E-state index in [0.717, 1.165) is 25.4 Å². The van der Waals surface area contributed by atoms with Crippen molar-refractivity contribution in [3.8, 4) is 5.75 Å². The number of hydrogen-bond acceptors (Lipinski definition) is 3. The topological polar surface area (TPSA) is 30.5 Å². The number of halogens is 1. The highest BCUT2D eigenvalue weighted by Crippen LogP contribution is 2.12. The molecule has 0 aliphatic rings. The van der Waals surface area contributed by atoms with Gasteiger partial charge in [0.2, 0.25) is 0 Å². The number of nitrogens with one attached hydrogen (secondary N) is 1. The van der Waals surface area contributed by atoms with Crippen molar-refractivity contribution in [3.05, 3.63) is 29.8 Å². The molecular formula is C12H20ClNO2. The average molecular weight is 246 g/mol. The molecule has 1 rings (SSSR count). The van der Waals surface area contributed by atoms with Gasteiger partial charge in [-0.05, 0) is 24.6 Å². The number of benzene rings is 1. The van der Waals surface area contributed by atoms with Gasteiger partial charge in [0.25, 0.3) is 0 Å². The van der Waals surface area contributed by atoms with Crippen LogP contribution in [0.5, 0.6) is 5.75 Å². The van der Waals surface area contributed by atoms with Crippen LogP contribution in [-0.2, 0) is 11.3 Å². The maximum Gasteiger partial charge on any atom is 0.119 e. The van der Waals surface area contributed by atoms with Crippen LogP contribution >= 0.6 is 12.4 Å². The van der Waals surface area contributed by atoms with E-state index in [2.05, 4.69) is 17.4 Å². The Morgan fingerprint density at radius 2 is 2.12 bits per heavy atom. The van der Waals surface area contributed by atoms with Crippen LogP contribution < -0.4 is 10.1 Å². The molecule has 0 bridgehead atoms. The van der Waals surface area contributed by atoms with Crippen molar-refractivity contribution in [1.82, 2.24) is 5.32 Å². The van der Waals surface area contributed by atoms with Crippen LogP contribution in [0.3, 0.4) is 0 Å². The summed E-state index contributed by atoms with van der Waals surface area (Å²) in [4.78, 5) is 0. The molecule has 16 heavy (non-hydrogen) atoms. The maximum atomic E-state index is 5.42. The Kier molecular flexibility index (Phi) is 9.00. The smallest absolute Gasteiger partial charge is 0.119 e. The molecule has 92 valence electrons. The summed E-state index contributed by atoms with van der Waals surface area (Å²) in [5.41, 5.74) is 1.23. The first-order chi connectivity index (χ1) is 7.36. The number of methoxy groups -OCH3 is 1. The number of hydrogen-bond donors (Lipinski definition) is 1. The molecule has 0 aromatic heterocycles. The summed E-state index contributed by atoms with van der Waals surface area (Å²) < 4.78 is 10.4. The van der Waals surface area contributed by atoms with Crippen LogP contribution in [0.2, 0.25) is 0 Å². The molecule has 0 saturated heterocycles. The lowest BCUT2D eigenvalue weighted by atomic mass is 10.2. The Morgan fingerprint density at radius 1 is 1.31 bits per heavy atom. The van der Waals surface area contributed by atoms with E-state index in [1.165, 1.54) is 5.56 Å². The largest absolute Gasteiger partial charge is 0.494 e. The van der Waals surface area contributed by atoms with Crippen LogP contribution in [-0.4, -0.2) is 26.9 Å². The predicted molar refractivity (Wildman–Crippen MR) is 68.4 cm³/mol.